The molecule has 0 atom stereocenters. The Labute approximate surface area is 129 Å². The van der Waals surface area contributed by atoms with E-state index in [9.17, 15) is 9.59 Å². The highest BCUT2D eigenvalue weighted by molar-refractivity contribution is 6.61. The van der Waals surface area contributed by atoms with Gasteiger partial charge in [-0.25, -0.2) is 14.5 Å². The molecular formula is C14H9ClN4O3. The Morgan fingerprint density at radius 1 is 1.27 bits per heavy atom. The molecule has 0 saturated heterocycles. The van der Waals surface area contributed by atoms with E-state index in [0.717, 1.165) is 0 Å². The molecule has 0 saturated carbocycles. The van der Waals surface area contributed by atoms with Crippen molar-refractivity contribution in [2.24, 2.45) is 0 Å². The number of H-pyrrole nitrogens is 1. The Balaban J connectivity index is 1.95. The van der Waals surface area contributed by atoms with Crippen LogP contribution in [0.3, 0.4) is 0 Å². The quantitative estimate of drug-likeness (QED) is 0.749. The molecule has 0 aliphatic heterocycles. The summed E-state index contributed by atoms with van der Waals surface area (Å²) in [6.07, 6.45) is 6.11. The Morgan fingerprint density at radius 3 is 2.77 bits per heavy atom. The standard InChI is InChI=1S/C14H9ClN4O3/c15-14(21)22-10-3-4-12(17-7-10)19-13(20)11(8-18-19)9-2-1-5-16-6-9/h1-8,18H. The first-order valence-electron chi connectivity index (χ1n) is 6.20. The Morgan fingerprint density at radius 2 is 2.14 bits per heavy atom. The highest BCUT2D eigenvalue weighted by Crippen LogP contribution is 2.15. The molecular weight excluding hydrogens is 308 g/mol. The van der Waals surface area contributed by atoms with Gasteiger partial charge in [-0.1, -0.05) is 6.07 Å². The number of nitrogens with one attached hydrogen (secondary N) is 1. The third-order valence-electron chi connectivity index (χ3n) is 2.89. The van der Waals surface area contributed by atoms with Crippen LogP contribution >= 0.6 is 11.6 Å². The van der Waals surface area contributed by atoms with Crippen molar-refractivity contribution in [1.29, 1.82) is 0 Å². The van der Waals surface area contributed by atoms with Crippen LogP contribution in [0, 0.1) is 0 Å². The summed E-state index contributed by atoms with van der Waals surface area (Å²) in [6.45, 7) is 0. The summed E-state index contributed by atoms with van der Waals surface area (Å²) in [6, 6.07) is 6.55. The molecule has 1 N–H and O–H groups in total. The van der Waals surface area contributed by atoms with Crippen LogP contribution in [0.25, 0.3) is 16.9 Å². The predicted octanol–water partition coefficient (Wildman–Crippen LogP) is 2.36. The van der Waals surface area contributed by atoms with Crippen molar-refractivity contribution in [2.75, 3.05) is 0 Å². The zero-order chi connectivity index (χ0) is 15.5. The number of hydrogen-bond acceptors (Lipinski definition) is 5. The van der Waals surface area contributed by atoms with Gasteiger partial charge in [-0.05, 0) is 18.2 Å². The monoisotopic (exact) mass is 316 g/mol. The van der Waals surface area contributed by atoms with Crippen LogP contribution in [-0.4, -0.2) is 25.2 Å². The molecule has 0 spiro atoms. The number of pyridine rings is 2. The van der Waals surface area contributed by atoms with Gasteiger partial charge in [0.2, 0.25) is 0 Å². The molecule has 3 aromatic rings. The number of hydrogen-bond donors (Lipinski definition) is 1. The lowest BCUT2D eigenvalue weighted by atomic mass is 10.2. The molecule has 0 bridgehead atoms. The number of carbonyl (C=O) groups excluding carboxylic acids is 1. The van der Waals surface area contributed by atoms with Gasteiger partial charge in [0.15, 0.2) is 11.6 Å². The minimum Gasteiger partial charge on any atom is -0.413 e. The van der Waals surface area contributed by atoms with Crippen molar-refractivity contribution in [3.63, 3.8) is 0 Å². The molecule has 0 radical (unpaired) electrons. The Kier molecular flexibility index (Phi) is 3.71. The molecule has 0 aromatic carbocycles. The maximum Gasteiger partial charge on any atom is 0.409 e. The predicted molar refractivity (Wildman–Crippen MR) is 79.3 cm³/mol. The van der Waals surface area contributed by atoms with Crippen LogP contribution < -0.4 is 10.3 Å². The topological polar surface area (TPSA) is 89.9 Å². The smallest absolute Gasteiger partial charge is 0.409 e. The molecule has 0 aliphatic carbocycles. The molecule has 7 nitrogen and oxygen atoms in total. The molecule has 110 valence electrons. The van der Waals surface area contributed by atoms with Crippen LogP contribution in [0.1, 0.15) is 0 Å². The summed E-state index contributed by atoms with van der Waals surface area (Å²) in [4.78, 5) is 31.1. The van der Waals surface area contributed by atoms with E-state index in [0.29, 0.717) is 16.9 Å². The average molecular weight is 317 g/mol. The first-order chi connectivity index (χ1) is 10.6. The average Bonchev–Trinajstić information content (AvgIpc) is 2.90. The van der Waals surface area contributed by atoms with E-state index in [1.54, 1.807) is 30.7 Å². The number of aromatic amines is 1. The molecule has 8 heteroatoms. The van der Waals surface area contributed by atoms with Gasteiger partial charge in [0.05, 0.1) is 11.8 Å². The molecule has 3 aromatic heterocycles. The van der Waals surface area contributed by atoms with Gasteiger partial charge in [0, 0.05) is 35.8 Å². The SMILES string of the molecule is O=C(Cl)Oc1ccc(-n2[nH]cc(-c3cccnc3)c2=O)nc1. The summed E-state index contributed by atoms with van der Waals surface area (Å²) >= 11 is 5.11. The molecule has 3 heterocycles. The van der Waals surface area contributed by atoms with Gasteiger partial charge in [0.1, 0.15) is 0 Å². The summed E-state index contributed by atoms with van der Waals surface area (Å²) in [5.41, 5.74) is -0.0330. The van der Waals surface area contributed by atoms with Crippen molar-refractivity contribution < 1.29 is 9.53 Å². The number of nitrogens with zero attached hydrogens (tertiary/aromatic N) is 3. The second-order valence-corrected chi connectivity index (χ2v) is 4.57. The van der Waals surface area contributed by atoms with E-state index in [-0.39, 0.29) is 11.3 Å². The van der Waals surface area contributed by atoms with Gasteiger partial charge in [-0.3, -0.25) is 14.9 Å². The van der Waals surface area contributed by atoms with Crippen molar-refractivity contribution in [3.8, 4) is 22.7 Å². The first-order valence-corrected chi connectivity index (χ1v) is 6.57. The maximum atomic E-state index is 12.4. The Hall–Kier alpha value is -2.93. The summed E-state index contributed by atoms with van der Waals surface area (Å²) in [7, 11) is 0. The number of ether oxygens (including phenoxy) is 1. The van der Waals surface area contributed by atoms with Crippen molar-refractivity contribution in [2.45, 2.75) is 0 Å². The highest BCUT2D eigenvalue weighted by Gasteiger charge is 2.11. The lowest BCUT2D eigenvalue weighted by Gasteiger charge is -2.02. The van der Waals surface area contributed by atoms with E-state index < -0.39 is 5.43 Å². The lowest BCUT2D eigenvalue weighted by Crippen LogP contribution is -2.16. The molecule has 3 rings (SSSR count). The molecule has 0 amide bonds. The largest absolute Gasteiger partial charge is 0.413 e. The summed E-state index contributed by atoms with van der Waals surface area (Å²) in [5.74, 6) is 0.547. The van der Waals surface area contributed by atoms with E-state index in [4.69, 9.17) is 11.6 Å². The van der Waals surface area contributed by atoms with Gasteiger partial charge in [-0.15, -0.1) is 0 Å². The van der Waals surface area contributed by atoms with E-state index in [1.807, 2.05) is 0 Å². The third kappa shape index (κ3) is 2.75. The normalized spacial score (nSPS) is 10.4. The minimum atomic E-state index is -0.953. The van der Waals surface area contributed by atoms with E-state index in [2.05, 4.69) is 19.8 Å². The second kappa shape index (κ2) is 5.82. The van der Waals surface area contributed by atoms with Crippen LogP contribution in [0.15, 0.2) is 53.8 Å². The fourth-order valence-electron chi connectivity index (χ4n) is 1.93. The number of aromatic nitrogens is 4. The number of carbonyl (C=O) groups is 1. The van der Waals surface area contributed by atoms with Crippen molar-refractivity contribution >= 4 is 17.0 Å². The van der Waals surface area contributed by atoms with Gasteiger partial charge in [-0.2, -0.15) is 0 Å². The lowest BCUT2D eigenvalue weighted by molar-refractivity contribution is 0.225. The van der Waals surface area contributed by atoms with E-state index in [1.165, 1.54) is 23.0 Å². The van der Waals surface area contributed by atoms with Crippen LogP contribution in [0.5, 0.6) is 5.75 Å². The molecule has 0 aliphatic rings. The molecule has 0 fully saturated rings. The zero-order valence-corrected chi connectivity index (χ0v) is 11.8. The minimum absolute atomic E-state index is 0.191. The fourth-order valence-corrected chi connectivity index (χ4v) is 2.02. The third-order valence-corrected chi connectivity index (χ3v) is 2.97. The van der Waals surface area contributed by atoms with Crippen LogP contribution in [0.4, 0.5) is 4.79 Å². The Bertz CT molecular complexity index is 856. The number of rotatable bonds is 3. The first kappa shape index (κ1) is 14.0. The van der Waals surface area contributed by atoms with Gasteiger partial charge >= 0.3 is 5.43 Å². The summed E-state index contributed by atoms with van der Waals surface area (Å²) in [5, 5.41) is 2.83. The second-order valence-electron chi connectivity index (χ2n) is 4.26. The van der Waals surface area contributed by atoms with Gasteiger partial charge in [0.25, 0.3) is 5.56 Å². The van der Waals surface area contributed by atoms with E-state index >= 15 is 0 Å². The number of halogens is 1. The maximum absolute atomic E-state index is 12.4. The van der Waals surface area contributed by atoms with Crippen molar-refractivity contribution in [3.05, 3.63) is 59.4 Å². The van der Waals surface area contributed by atoms with Crippen LogP contribution in [0.2, 0.25) is 0 Å². The molecule has 22 heavy (non-hydrogen) atoms. The highest BCUT2D eigenvalue weighted by atomic mass is 35.5. The summed E-state index contributed by atoms with van der Waals surface area (Å²) < 4.78 is 5.94. The van der Waals surface area contributed by atoms with Crippen molar-refractivity contribution in [1.82, 2.24) is 19.7 Å². The van der Waals surface area contributed by atoms with Crippen LogP contribution in [-0.2, 0) is 0 Å². The van der Waals surface area contributed by atoms with Gasteiger partial charge < -0.3 is 4.74 Å². The zero-order valence-electron chi connectivity index (χ0n) is 11.1. The fraction of sp³-hybridized carbons (Fsp3) is 0. The molecule has 0 unspecified atom stereocenters.